The van der Waals surface area contributed by atoms with Gasteiger partial charge >= 0.3 is 8.80 Å². The van der Waals surface area contributed by atoms with Crippen molar-refractivity contribution < 1.29 is 13.3 Å². The van der Waals surface area contributed by atoms with Crippen LogP contribution in [0.3, 0.4) is 0 Å². The van der Waals surface area contributed by atoms with Gasteiger partial charge in [-0.1, -0.05) is 39.5 Å². The van der Waals surface area contributed by atoms with Crippen molar-refractivity contribution in [2.75, 3.05) is 14.2 Å². The van der Waals surface area contributed by atoms with Crippen LogP contribution in [-0.2, 0) is 13.3 Å². The number of rotatable bonds is 11. The van der Waals surface area contributed by atoms with E-state index in [0.717, 1.165) is 25.3 Å². The molecular formula is C12H29NO3Si. The van der Waals surface area contributed by atoms with Crippen LogP contribution in [0.4, 0.5) is 0 Å². The van der Waals surface area contributed by atoms with Gasteiger partial charge in [0.25, 0.3) is 0 Å². The highest BCUT2D eigenvalue weighted by atomic mass is 28.4. The zero-order valence-electron chi connectivity index (χ0n) is 11.8. The largest absolute Gasteiger partial charge is 0.501 e. The molecule has 0 amide bonds. The van der Waals surface area contributed by atoms with Crippen molar-refractivity contribution in [1.29, 1.82) is 0 Å². The predicted molar refractivity (Wildman–Crippen MR) is 72.7 cm³/mol. The molecule has 0 aromatic rings. The number of hydrogen-bond donors (Lipinski definition) is 1. The van der Waals surface area contributed by atoms with Crippen LogP contribution in [0.15, 0.2) is 0 Å². The van der Waals surface area contributed by atoms with Crippen molar-refractivity contribution in [3.05, 3.63) is 0 Å². The van der Waals surface area contributed by atoms with Crippen molar-refractivity contribution in [2.24, 2.45) is 5.73 Å². The van der Waals surface area contributed by atoms with Gasteiger partial charge in [0.2, 0.25) is 0 Å². The topological polar surface area (TPSA) is 53.7 Å². The van der Waals surface area contributed by atoms with Gasteiger partial charge in [-0.15, -0.1) is 0 Å². The third-order valence-corrected chi connectivity index (χ3v) is 5.87. The highest BCUT2D eigenvalue weighted by Gasteiger charge is 2.39. The minimum absolute atomic E-state index is 0.259. The van der Waals surface area contributed by atoms with Crippen LogP contribution in [-0.4, -0.2) is 29.3 Å². The van der Waals surface area contributed by atoms with Crippen LogP contribution >= 0.6 is 0 Å². The Morgan fingerprint density at radius 2 is 1.65 bits per heavy atom. The second-order valence-corrected chi connectivity index (χ2v) is 7.27. The molecule has 0 heterocycles. The van der Waals surface area contributed by atoms with E-state index in [1.54, 1.807) is 14.2 Å². The summed E-state index contributed by atoms with van der Waals surface area (Å²) < 4.78 is 16.7. The quantitative estimate of drug-likeness (QED) is 0.354. The molecule has 0 radical (unpaired) electrons. The van der Waals surface area contributed by atoms with Crippen molar-refractivity contribution in [3.63, 3.8) is 0 Å². The fourth-order valence-electron chi connectivity index (χ4n) is 1.81. The minimum Gasteiger partial charge on any atom is -0.377 e. The Hall–Kier alpha value is 0.0569. The molecule has 1 unspecified atom stereocenters. The van der Waals surface area contributed by atoms with Crippen LogP contribution in [0.5, 0.6) is 0 Å². The van der Waals surface area contributed by atoms with E-state index >= 15 is 0 Å². The van der Waals surface area contributed by atoms with Gasteiger partial charge in [-0.2, -0.15) is 0 Å². The molecule has 2 N–H and O–H groups in total. The molecular weight excluding hydrogens is 234 g/mol. The first-order valence-electron chi connectivity index (χ1n) is 6.67. The lowest BCUT2D eigenvalue weighted by Gasteiger charge is -2.29. The average molecular weight is 263 g/mol. The zero-order chi connectivity index (χ0) is 13.1. The molecule has 0 rings (SSSR count). The second kappa shape index (κ2) is 10.0. The maximum absolute atomic E-state index is 5.98. The van der Waals surface area contributed by atoms with Crippen molar-refractivity contribution in [3.8, 4) is 0 Å². The van der Waals surface area contributed by atoms with Gasteiger partial charge in [0, 0.05) is 20.3 Å². The molecule has 0 aliphatic rings. The van der Waals surface area contributed by atoms with Crippen LogP contribution in [0.2, 0.25) is 6.04 Å². The molecule has 17 heavy (non-hydrogen) atoms. The maximum Gasteiger partial charge on any atom is 0.501 e. The van der Waals surface area contributed by atoms with Crippen molar-refractivity contribution >= 4 is 8.80 Å². The Morgan fingerprint density at radius 1 is 1.00 bits per heavy atom. The number of hydrogen-bond acceptors (Lipinski definition) is 4. The highest BCUT2D eigenvalue weighted by molar-refractivity contribution is 6.60. The van der Waals surface area contributed by atoms with Gasteiger partial charge in [0.05, 0.1) is 6.23 Å². The lowest BCUT2D eigenvalue weighted by molar-refractivity contribution is 0.0526. The summed E-state index contributed by atoms with van der Waals surface area (Å²) in [5.74, 6) is 0. The van der Waals surface area contributed by atoms with Crippen LogP contribution < -0.4 is 5.73 Å². The van der Waals surface area contributed by atoms with Crippen LogP contribution in [0.1, 0.15) is 52.4 Å². The van der Waals surface area contributed by atoms with E-state index in [0.29, 0.717) is 0 Å². The smallest absolute Gasteiger partial charge is 0.377 e. The second-order valence-electron chi connectivity index (χ2n) is 4.35. The number of nitrogens with two attached hydrogens (primary N) is 1. The molecule has 0 aliphatic heterocycles. The fourth-order valence-corrected chi connectivity index (χ4v) is 3.89. The summed E-state index contributed by atoms with van der Waals surface area (Å²) in [4.78, 5) is 0. The standard InChI is InChI=1S/C12H29NO3Si/c1-5-7-8-9-10-12(13)16-17(14-3,15-4)11-6-2/h12H,5-11,13H2,1-4H3. The molecule has 0 aromatic heterocycles. The zero-order valence-corrected chi connectivity index (χ0v) is 12.8. The summed E-state index contributed by atoms with van der Waals surface area (Å²) in [6.45, 7) is 4.29. The first kappa shape index (κ1) is 17.1. The van der Waals surface area contributed by atoms with Gasteiger partial charge < -0.3 is 19.0 Å². The van der Waals surface area contributed by atoms with Crippen LogP contribution in [0.25, 0.3) is 0 Å². The van der Waals surface area contributed by atoms with E-state index in [2.05, 4.69) is 13.8 Å². The molecule has 5 heteroatoms. The Morgan fingerprint density at radius 3 is 2.12 bits per heavy atom. The van der Waals surface area contributed by atoms with Crippen molar-refractivity contribution in [1.82, 2.24) is 0 Å². The minimum atomic E-state index is -2.50. The van der Waals surface area contributed by atoms with E-state index in [1.165, 1.54) is 19.3 Å². The summed E-state index contributed by atoms with van der Waals surface area (Å²) in [7, 11) is 0.796. The van der Waals surface area contributed by atoms with E-state index in [4.69, 9.17) is 19.0 Å². The molecule has 0 bridgehead atoms. The molecule has 0 saturated carbocycles. The van der Waals surface area contributed by atoms with E-state index < -0.39 is 8.80 Å². The van der Waals surface area contributed by atoms with E-state index in [-0.39, 0.29) is 6.23 Å². The first-order chi connectivity index (χ1) is 8.14. The van der Waals surface area contributed by atoms with Gasteiger partial charge in [0.1, 0.15) is 0 Å². The van der Waals surface area contributed by atoms with Crippen LogP contribution in [0, 0.1) is 0 Å². The van der Waals surface area contributed by atoms with Crippen molar-refractivity contribution in [2.45, 2.75) is 64.6 Å². The normalized spacial score (nSPS) is 13.9. The van der Waals surface area contributed by atoms with E-state index in [9.17, 15) is 0 Å². The summed E-state index contributed by atoms with van der Waals surface area (Å²) >= 11 is 0. The molecule has 0 saturated heterocycles. The average Bonchev–Trinajstić information content (AvgIpc) is 2.34. The fraction of sp³-hybridized carbons (Fsp3) is 1.00. The lowest BCUT2D eigenvalue weighted by atomic mass is 10.1. The molecule has 0 spiro atoms. The monoisotopic (exact) mass is 263 g/mol. The molecule has 4 nitrogen and oxygen atoms in total. The maximum atomic E-state index is 5.98. The number of unbranched alkanes of at least 4 members (excludes halogenated alkanes) is 3. The van der Waals surface area contributed by atoms with Gasteiger partial charge in [-0.3, -0.25) is 0 Å². The van der Waals surface area contributed by atoms with Gasteiger partial charge in [0.15, 0.2) is 0 Å². The molecule has 0 fully saturated rings. The summed E-state index contributed by atoms with van der Waals surface area (Å²) in [5.41, 5.74) is 5.98. The van der Waals surface area contributed by atoms with Gasteiger partial charge in [-0.05, 0) is 12.8 Å². The molecule has 104 valence electrons. The molecule has 0 aromatic carbocycles. The molecule has 0 aliphatic carbocycles. The Labute approximate surface area is 107 Å². The third-order valence-electron chi connectivity index (χ3n) is 2.85. The lowest BCUT2D eigenvalue weighted by Crippen LogP contribution is -2.48. The Bertz CT molecular complexity index is 177. The summed E-state index contributed by atoms with van der Waals surface area (Å²) in [6.07, 6.45) is 6.43. The first-order valence-corrected chi connectivity index (χ1v) is 8.61. The Kier molecular flexibility index (Phi) is 10.1. The highest BCUT2D eigenvalue weighted by Crippen LogP contribution is 2.18. The van der Waals surface area contributed by atoms with Gasteiger partial charge in [-0.25, -0.2) is 0 Å². The summed E-state index contributed by atoms with van der Waals surface area (Å²) in [5, 5.41) is 0. The molecule has 1 atom stereocenters. The summed E-state index contributed by atoms with van der Waals surface area (Å²) in [6, 6.07) is 0.822. The predicted octanol–water partition coefficient (Wildman–Crippen LogP) is 2.90. The third kappa shape index (κ3) is 7.16. The SMILES string of the molecule is CCCCCCC(N)O[Si](CCC)(OC)OC. The Balaban J connectivity index is 3.98. The van der Waals surface area contributed by atoms with E-state index in [1.807, 2.05) is 0 Å².